The fourth-order valence-corrected chi connectivity index (χ4v) is 5.19. The van der Waals surface area contributed by atoms with Crippen molar-refractivity contribution < 1.29 is 23.8 Å². The number of rotatable bonds is 8. The van der Waals surface area contributed by atoms with E-state index in [0.717, 1.165) is 30.6 Å². The lowest BCUT2D eigenvalue weighted by Crippen LogP contribution is -2.52. The van der Waals surface area contributed by atoms with Crippen LogP contribution in [0.1, 0.15) is 38.7 Å². The maximum Gasteiger partial charge on any atom is 0.267 e. The summed E-state index contributed by atoms with van der Waals surface area (Å²) in [6.07, 6.45) is 2.34. The van der Waals surface area contributed by atoms with Crippen LogP contribution in [0.25, 0.3) is 0 Å². The van der Waals surface area contributed by atoms with Crippen LogP contribution in [0.4, 0.5) is 0 Å². The molecule has 0 N–H and O–H groups in total. The number of carbonyl (C=O) groups is 2. The van der Waals surface area contributed by atoms with E-state index in [0.29, 0.717) is 42.8 Å². The van der Waals surface area contributed by atoms with Crippen molar-refractivity contribution in [3.05, 3.63) is 54.1 Å². The molecule has 1 fully saturated rings. The third-order valence-corrected chi connectivity index (χ3v) is 7.23. The number of likely N-dealkylation sites (N-methyl/N-ethyl adjacent to an activating group) is 1. The van der Waals surface area contributed by atoms with E-state index in [4.69, 9.17) is 14.2 Å². The van der Waals surface area contributed by atoms with Gasteiger partial charge in [-0.25, -0.2) is 0 Å². The zero-order valence-electron chi connectivity index (χ0n) is 21.8. The molecule has 1 saturated heterocycles. The predicted molar refractivity (Wildman–Crippen MR) is 138 cm³/mol. The lowest BCUT2D eigenvalue weighted by atomic mass is 9.84. The highest BCUT2D eigenvalue weighted by molar-refractivity contribution is 5.82. The molecule has 0 radical (unpaired) electrons. The van der Waals surface area contributed by atoms with E-state index in [1.54, 1.807) is 7.11 Å². The second kappa shape index (κ2) is 11.7. The number of hydrogen-bond acceptors (Lipinski definition) is 5. The van der Waals surface area contributed by atoms with Crippen molar-refractivity contribution in [2.24, 2.45) is 11.8 Å². The Balaban J connectivity index is 1.42. The van der Waals surface area contributed by atoms with Crippen molar-refractivity contribution in [2.75, 3.05) is 33.9 Å². The zero-order chi connectivity index (χ0) is 25.7. The minimum Gasteiger partial charge on any atom is -0.497 e. The summed E-state index contributed by atoms with van der Waals surface area (Å²) in [5, 5.41) is 0. The fourth-order valence-electron chi connectivity index (χ4n) is 5.19. The minimum absolute atomic E-state index is 0.0310. The Morgan fingerprint density at radius 1 is 1.08 bits per heavy atom. The van der Waals surface area contributed by atoms with Crippen molar-refractivity contribution in [3.63, 3.8) is 0 Å². The quantitative estimate of drug-likeness (QED) is 0.551. The molecule has 2 aliphatic heterocycles. The SMILES string of the molecule is COc1cccc(C[C@@H](C2CCN(C(=O)[C@H]3COc4ccccc4O3)CC2)N(C)C(=O)CC(C)C)c1. The van der Waals surface area contributed by atoms with Gasteiger partial charge in [-0.2, -0.15) is 0 Å². The molecule has 2 amide bonds. The van der Waals surface area contributed by atoms with Crippen molar-refractivity contribution >= 4 is 11.8 Å². The van der Waals surface area contributed by atoms with E-state index >= 15 is 0 Å². The summed E-state index contributed by atoms with van der Waals surface area (Å²) in [6.45, 7) is 5.66. The molecular formula is C29H38N2O5. The van der Waals surface area contributed by atoms with Gasteiger partial charge in [-0.1, -0.05) is 38.1 Å². The van der Waals surface area contributed by atoms with Gasteiger partial charge in [0.1, 0.15) is 12.4 Å². The van der Waals surface area contributed by atoms with E-state index in [-0.39, 0.29) is 24.5 Å². The molecule has 36 heavy (non-hydrogen) atoms. The van der Waals surface area contributed by atoms with Gasteiger partial charge < -0.3 is 24.0 Å². The third kappa shape index (κ3) is 6.12. The van der Waals surface area contributed by atoms with E-state index in [1.807, 2.05) is 59.3 Å². The first-order valence-electron chi connectivity index (χ1n) is 12.9. The molecule has 194 valence electrons. The second-order valence-corrected chi connectivity index (χ2v) is 10.3. The van der Waals surface area contributed by atoms with Crippen LogP contribution in [0.2, 0.25) is 0 Å². The van der Waals surface area contributed by atoms with Gasteiger partial charge in [-0.05, 0) is 60.9 Å². The van der Waals surface area contributed by atoms with Crippen LogP contribution in [0.5, 0.6) is 17.2 Å². The molecule has 7 heteroatoms. The molecule has 0 saturated carbocycles. The molecule has 2 aromatic carbocycles. The highest BCUT2D eigenvalue weighted by Crippen LogP contribution is 2.33. The summed E-state index contributed by atoms with van der Waals surface area (Å²) in [6, 6.07) is 15.6. The lowest BCUT2D eigenvalue weighted by Gasteiger charge is -2.41. The molecule has 2 aromatic rings. The third-order valence-electron chi connectivity index (χ3n) is 7.23. The van der Waals surface area contributed by atoms with Gasteiger partial charge in [-0.3, -0.25) is 9.59 Å². The highest BCUT2D eigenvalue weighted by Gasteiger charge is 2.36. The Bertz CT molecular complexity index is 1050. The average Bonchev–Trinajstić information content (AvgIpc) is 2.90. The van der Waals surface area contributed by atoms with E-state index in [2.05, 4.69) is 19.9 Å². The number of likely N-dealkylation sites (tertiary alicyclic amines) is 1. The molecule has 0 aromatic heterocycles. The maximum atomic E-state index is 13.2. The second-order valence-electron chi connectivity index (χ2n) is 10.3. The number of fused-ring (bicyclic) bond motifs is 1. The first-order chi connectivity index (χ1) is 17.4. The molecule has 0 bridgehead atoms. The summed E-state index contributed by atoms with van der Waals surface area (Å²) in [7, 11) is 3.60. The molecule has 7 nitrogen and oxygen atoms in total. The number of hydrogen-bond donors (Lipinski definition) is 0. The van der Waals surface area contributed by atoms with Gasteiger partial charge in [0.25, 0.3) is 5.91 Å². The zero-order valence-corrected chi connectivity index (χ0v) is 21.8. The van der Waals surface area contributed by atoms with Crippen LogP contribution in [-0.4, -0.2) is 67.6 Å². The number of para-hydroxylation sites is 2. The lowest BCUT2D eigenvalue weighted by molar-refractivity contribution is -0.144. The summed E-state index contributed by atoms with van der Waals surface area (Å²) >= 11 is 0. The van der Waals surface area contributed by atoms with Gasteiger partial charge in [-0.15, -0.1) is 0 Å². The summed E-state index contributed by atoms with van der Waals surface area (Å²) in [5.41, 5.74) is 1.15. The molecule has 0 unspecified atom stereocenters. The molecule has 4 rings (SSSR count). The molecule has 2 atom stereocenters. The minimum atomic E-state index is -0.626. The van der Waals surface area contributed by atoms with Gasteiger partial charge in [0.15, 0.2) is 11.5 Å². The van der Waals surface area contributed by atoms with Crippen LogP contribution in [-0.2, 0) is 16.0 Å². The highest BCUT2D eigenvalue weighted by atomic mass is 16.6. The van der Waals surface area contributed by atoms with E-state index in [1.165, 1.54) is 0 Å². The Hall–Kier alpha value is -3.22. The smallest absolute Gasteiger partial charge is 0.267 e. The largest absolute Gasteiger partial charge is 0.497 e. The van der Waals surface area contributed by atoms with Gasteiger partial charge >= 0.3 is 0 Å². The van der Waals surface area contributed by atoms with E-state index < -0.39 is 6.10 Å². The first-order valence-corrected chi connectivity index (χ1v) is 12.9. The van der Waals surface area contributed by atoms with Gasteiger partial charge in [0.2, 0.25) is 12.0 Å². The first kappa shape index (κ1) is 25.9. The van der Waals surface area contributed by atoms with Crippen LogP contribution in [0, 0.1) is 11.8 Å². The Morgan fingerprint density at radius 3 is 2.50 bits per heavy atom. The number of carbonyl (C=O) groups excluding carboxylic acids is 2. The van der Waals surface area contributed by atoms with Crippen LogP contribution in [0.15, 0.2) is 48.5 Å². The van der Waals surface area contributed by atoms with Crippen molar-refractivity contribution in [1.29, 1.82) is 0 Å². The van der Waals surface area contributed by atoms with Crippen LogP contribution >= 0.6 is 0 Å². The number of methoxy groups -OCH3 is 1. The van der Waals surface area contributed by atoms with Crippen molar-refractivity contribution in [1.82, 2.24) is 9.80 Å². The van der Waals surface area contributed by atoms with Crippen LogP contribution in [0.3, 0.4) is 0 Å². The Labute approximate surface area is 214 Å². The average molecular weight is 495 g/mol. The summed E-state index contributed by atoms with van der Waals surface area (Å²) in [5.74, 6) is 2.85. The number of piperidine rings is 1. The fraction of sp³-hybridized carbons (Fsp3) is 0.517. The normalized spacial score (nSPS) is 18.6. The van der Waals surface area contributed by atoms with Crippen molar-refractivity contribution in [3.8, 4) is 17.2 Å². The van der Waals surface area contributed by atoms with Gasteiger partial charge in [0, 0.05) is 32.6 Å². The molecule has 0 aliphatic carbocycles. The topological polar surface area (TPSA) is 68.3 Å². The molecule has 2 aliphatic rings. The van der Waals surface area contributed by atoms with Crippen molar-refractivity contribution in [2.45, 2.75) is 51.7 Å². The molecule has 0 spiro atoms. The Kier molecular flexibility index (Phi) is 8.39. The summed E-state index contributed by atoms with van der Waals surface area (Å²) in [4.78, 5) is 30.1. The summed E-state index contributed by atoms with van der Waals surface area (Å²) < 4.78 is 17.1. The predicted octanol–water partition coefficient (Wildman–Crippen LogP) is 4.19. The molecule has 2 heterocycles. The number of amides is 2. The number of nitrogens with zero attached hydrogens (tertiary/aromatic N) is 2. The molecular weight excluding hydrogens is 456 g/mol. The standard InChI is InChI=1S/C29H38N2O5/c1-20(2)16-28(32)30(3)24(18-21-8-7-9-23(17-21)34-4)22-12-14-31(15-13-22)29(33)27-19-35-25-10-5-6-11-26(25)36-27/h5-11,17,20,22,24,27H,12-16,18-19H2,1-4H3/t24-,27+/m0/s1. The Morgan fingerprint density at radius 2 is 1.81 bits per heavy atom. The number of benzene rings is 2. The van der Waals surface area contributed by atoms with E-state index in [9.17, 15) is 9.59 Å². The maximum absolute atomic E-state index is 13.2. The van der Waals surface area contributed by atoms with Crippen LogP contribution < -0.4 is 14.2 Å². The monoisotopic (exact) mass is 494 g/mol. The number of ether oxygens (including phenoxy) is 3. The van der Waals surface area contributed by atoms with Gasteiger partial charge in [0.05, 0.1) is 7.11 Å².